The molecule has 3 nitrogen and oxygen atoms in total. The van der Waals surface area contributed by atoms with E-state index in [-0.39, 0.29) is 0 Å². The first-order chi connectivity index (χ1) is 6.90. The van der Waals surface area contributed by atoms with Gasteiger partial charge in [-0.1, -0.05) is 12.8 Å². The molecule has 0 radical (unpaired) electrons. The highest BCUT2D eigenvalue weighted by atomic mass is 32.1. The molecule has 1 aliphatic carbocycles. The van der Waals surface area contributed by atoms with Crippen LogP contribution < -0.4 is 5.32 Å². The third-order valence-corrected chi connectivity index (χ3v) is 3.45. The van der Waals surface area contributed by atoms with E-state index in [1.54, 1.807) is 18.4 Å². The summed E-state index contributed by atoms with van der Waals surface area (Å²) in [6, 6.07) is 0.444. The Morgan fingerprint density at radius 3 is 3.07 bits per heavy atom. The summed E-state index contributed by atoms with van der Waals surface area (Å²) in [6.07, 6.45) is 7.12. The molecule has 0 saturated heterocycles. The van der Waals surface area contributed by atoms with E-state index in [2.05, 4.69) is 10.3 Å². The normalized spacial score (nSPS) is 27.5. The maximum absolute atomic E-state index is 5.47. The van der Waals surface area contributed by atoms with Gasteiger partial charge >= 0.3 is 0 Å². The van der Waals surface area contributed by atoms with Gasteiger partial charge in [-0.05, 0) is 12.8 Å². The van der Waals surface area contributed by atoms with Gasteiger partial charge in [-0.15, -0.1) is 11.3 Å². The lowest BCUT2D eigenvalue weighted by atomic mass is 9.92. The topological polar surface area (TPSA) is 34.1 Å². The van der Waals surface area contributed by atoms with Crippen molar-refractivity contribution in [2.75, 3.05) is 12.4 Å². The minimum Gasteiger partial charge on any atom is -0.379 e. The monoisotopic (exact) mass is 212 g/mol. The first-order valence-corrected chi connectivity index (χ1v) is 5.97. The molecule has 14 heavy (non-hydrogen) atoms. The van der Waals surface area contributed by atoms with Crippen LogP contribution in [0, 0.1) is 0 Å². The smallest absolute Gasteiger partial charge is 0.182 e. The summed E-state index contributed by atoms with van der Waals surface area (Å²) in [4.78, 5) is 4.23. The fourth-order valence-corrected chi connectivity index (χ4v) is 2.59. The zero-order valence-corrected chi connectivity index (χ0v) is 9.22. The molecule has 1 aromatic heterocycles. The highest BCUT2D eigenvalue weighted by molar-refractivity contribution is 7.13. The second kappa shape index (κ2) is 4.75. The number of hydrogen-bond acceptors (Lipinski definition) is 4. The lowest BCUT2D eigenvalue weighted by Crippen LogP contribution is -2.37. The van der Waals surface area contributed by atoms with Crippen LogP contribution in [0.25, 0.3) is 0 Å². The summed E-state index contributed by atoms with van der Waals surface area (Å²) in [6.45, 7) is 0. The first-order valence-electron chi connectivity index (χ1n) is 5.09. The molecular weight excluding hydrogens is 196 g/mol. The Morgan fingerprint density at radius 1 is 1.50 bits per heavy atom. The van der Waals surface area contributed by atoms with Crippen molar-refractivity contribution in [3.63, 3.8) is 0 Å². The van der Waals surface area contributed by atoms with E-state index in [0.717, 1.165) is 5.13 Å². The third kappa shape index (κ3) is 2.25. The molecule has 2 unspecified atom stereocenters. The first kappa shape index (κ1) is 9.93. The highest BCUT2D eigenvalue weighted by Crippen LogP contribution is 2.24. The molecule has 1 aromatic rings. The van der Waals surface area contributed by atoms with Crippen molar-refractivity contribution in [1.82, 2.24) is 4.98 Å². The standard InChI is InChI=1S/C10H16N2OS/c1-13-9-5-3-2-4-8(9)12-10-11-6-7-14-10/h6-9H,2-5H2,1H3,(H,11,12). The van der Waals surface area contributed by atoms with Crippen LogP contribution in [0.15, 0.2) is 11.6 Å². The van der Waals surface area contributed by atoms with Gasteiger partial charge in [0.05, 0.1) is 12.1 Å². The fraction of sp³-hybridized carbons (Fsp3) is 0.700. The van der Waals surface area contributed by atoms with E-state index in [9.17, 15) is 0 Å². The summed E-state index contributed by atoms with van der Waals surface area (Å²) < 4.78 is 5.47. The van der Waals surface area contributed by atoms with Crippen molar-refractivity contribution in [2.45, 2.75) is 37.8 Å². The maximum atomic E-state index is 5.47. The number of nitrogens with zero attached hydrogens (tertiary/aromatic N) is 1. The molecule has 1 N–H and O–H groups in total. The van der Waals surface area contributed by atoms with Gasteiger partial charge < -0.3 is 10.1 Å². The van der Waals surface area contributed by atoms with Crippen LogP contribution in [0.2, 0.25) is 0 Å². The van der Waals surface area contributed by atoms with Crippen LogP contribution in [0.3, 0.4) is 0 Å². The molecule has 2 rings (SSSR count). The molecule has 0 bridgehead atoms. The predicted molar refractivity (Wildman–Crippen MR) is 58.8 cm³/mol. The van der Waals surface area contributed by atoms with Gasteiger partial charge in [-0.3, -0.25) is 0 Å². The molecule has 2 atom stereocenters. The second-order valence-corrected chi connectivity index (χ2v) is 4.54. The van der Waals surface area contributed by atoms with Crippen molar-refractivity contribution in [2.24, 2.45) is 0 Å². The number of anilines is 1. The number of methoxy groups -OCH3 is 1. The van der Waals surface area contributed by atoms with Gasteiger partial charge in [-0.25, -0.2) is 4.98 Å². The minimum absolute atomic E-state index is 0.354. The average Bonchev–Trinajstić information content (AvgIpc) is 2.71. The van der Waals surface area contributed by atoms with E-state index in [1.165, 1.54) is 25.7 Å². The Kier molecular flexibility index (Phi) is 3.37. The molecule has 78 valence electrons. The van der Waals surface area contributed by atoms with Crippen LogP contribution in [-0.4, -0.2) is 24.2 Å². The fourth-order valence-electron chi connectivity index (χ4n) is 2.00. The summed E-state index contributed by atoms with van der Waals surface area (Å²) in [7, 11) is 1.80. The van der Waals surface area contributed by atoms with E-state index in [0.29, 0.717) is 12.1 Å². The molecule has 1 heterocycles. The molecule has 0 amide bonds. The third-order valence-electron chi connectivity index (χ3n) is 2.75. The van der Waals surface area contributed by atoms with Gasteiger partial charge in [0, 0.05) is 18.7 Å². The number of hydrogen-bond donors (Lipinski definition) is 1. The van der Waals surface area contributed by atoms with E-state index < -0.39 is 0 Å². The largest absolute Gasteiger partial charge is 0.379 e. The van der Waals surface area contributed by atoms with Gasteiger partial charge in [0.1, 0.15) is 0 Å². The molecule has 1 fully saturated rings. The van der Waals surface area contributed by atoms with Crippen LogP contribution >= 0.6 is 11.3 Å². The van der Waals surface area contributed by atoms with Crippen molar-refractivity contribution in [3.8, 4) is 0 Å². The van der Waals surface area contributed by atoms with Crippen molar-refractivity contribution < 1.29 is 4.74 Å². The average molecular weight is 212 g/mol. The van der Waals surface area contributed by atoms with Gasteiger partial charge in [0.2, 0.25) is 0 Å². The number of aromatic nitrogens is 1. The molecule has 0 aliphatic heterocycles. The Balaban J connectivity index is 1.94. The molecule has 0 aromatic carbocycles. The summed E-state index contributed by atoms with van der Waals surface area (Å²) in [5.74, 6) is 0. The minimum atomic E-state index is 0.354. The van der Waals surface area contributed by atoms with Crippen LogP contribution in [0.4, 0.5) is 5.13 Å². The zero-order chi connectivity index (χ0) is 9.80. The summed E-state index contributed by atoms with van der Waals surface area (Å²) in [5.41, 5.74) is 0. The number of nitrogens with one attached hydrogen (secondary N) is 1. The summed E-state index contributed by atoms with van der Waals surface area (Å²) in [5, 5.41) is 6.45. The molecule has 0 spiro atoms. The zero-order valence-electron chi connectivity index (χ0n) is 8.40. The predicted octanol–water partition coefficient (Wildman–Crippen LogP) is 2.51. The van der Waals surface area contributed by atoms with Crippen molar-refractivity contribution in [1.29, 1.82) is 0 Å². The van der Waals surface area contributed by atoms with Gasteiger partial charge in [0.25, 0.3) is 0 Å². The molecule has 4 heteroatoms. The molecular formula is C10H16N2OS. The van der Waals surface area contributed by atoms with E-state index in [4.69, 9.17) is 4.74 Å². The Morgan fingerprint density at radius 2 is 2.36 bits per heavy atom. The van der Waals surface area contributed by atoms with Gasteiger partial charge in [0.15, 0.2) is 5.13 Å². The Hall–Kier alpha value is -0.610. The van der Waals surface area contributed by atoms with Crippen molar-refractivity contribution in [3.05, 3.63) is 11.6 Å². The Labute approximate surface area is 88.5 Å². The Bertz CT molecular complexity index is 263. The lowest BCUT2D eigenvalue weighted by molar-refractivity contribution is 0.0606. The van der Waals surface area contributed by atoms with Crippen molar-refractivity contribution >= 4 is 16.5 Å². The lowest BCUT2D eigenvalue weighted by Gasteiger charge is -2.30. The summed E-state index contributed by atoms with van der Waals surface area (Å²) >= 11 is 1.65. The number of rotatable bonds is 3. The second-order valence-electron chi connectivity index (χ2n) is 3.65. The van der Waals surface area contributed by atoms with E-state index in [1.807, 2.05) is 11.6 Å². The maximum Gasteiger partial charge on any atom is 0.182 e. The van der Waals surface area contributed by atoms with Crippen LogP contribution in [0.5, 0.6) is 0 Å². The van der Waals surface area contributed by atoms with Gasteiger partial charge in [-0.2, -0.15) is 0 Å². The highest BCUT2D eigenvalue weighted by Gasteiger charge is 2.24. The molecule has 1 saturated carbocycles. The molecule has 1 aliphatic rings. The SMILES string of the molecule is COC1CCCCC1Nc1nccs1. The number of ether oxygens (including phenoxy) is 1. The quantitative estimate of drug-likeness (QED) is 0.836. The number of thiazole rings is 1. The van der Waals surface area contributed by atoms with Crippen LogP contribution in [-0.2, 0) is 4.74 Å². The van der Waals surface area contributed by atoms with E-state index >= 15 is 0 Å². The van der Waals surface area contributed by atoms with Crippen LogP contribution in [0.1, 0.15) is 25.7 Å².